The van der Waals surface area contributed by atoms with Crippen molar-refractivity contribution in [1.29, 1.82) is 0 Å². The van der Waals surface area contributed by atoms with Gasteiger partial charge in [-0.15, -0.1) is 0 Å². The van der Waals surface area contributed by atoms with Crippen LogP contribution in [0, 0.1) is 0 Å². The molecule has 1 atom stereocenters. The fraction of sp³-hybridized carbons (Fsp3) is 0.818. The van der Waals surface area contributed by atoms with E-state index in [1.165, 1.54) is 19.3 Å². The normalized spacial score (nSPS) is 23.2. The summed E-state index contributed by atoms with van der Waals surface area (Å²) in [5.74, 6) is 1.58. The fourth-order valence-electron chi connectivity index (χ4n) is 2.06. The lowest BCUT2D eigenvalue weighted by molar-refractivity contribution is 0.135. The van der Waals surface area contributed by atoms with Gasteiger partial charge in [0, 0.05) is 12.5 Å². The molecule has 0 amide bonds. The topological polar surface area (TPSA) is 42.2 Å². The average molecular weight is 209 g/mol. The number of hydrogen-bond donors (Lipinski definition) is 0. The quantitative estimate of drug-likeness (QED) is 0.763. The number of nitrogens with zero attached hydrogens (tertiary/aromatic N) is 3. The zero-order valence-corrected chi connectivity index (χ0v) is 9.57. The molecule has 0 unspecified atom stereocenters. The molecule has 0 N–H and O–H groups in total. The summed E-state index contributed by atoms with van der Waals surface area (Å²) in [4.78, 5) is 6.76. The molecule has 84 valence electrons. The molecule has 1 saturated heterocycles. The first-order chi connectivity index (χ1) is 7.29. The van der Waals surface area contributed by atoms with Crippen molar-refractivity contribution in [2.24, 2.45) is 0 Å². The van der Waals surface area contributed by atoms with Crippen molar-refractivity contribution in [3.05, 3.63) is 11.7 Å². The highest BCUT2D eigenvalue weighted by Crippen LogP contribution is 2.18. The molecule has 15 heavy (non-hydrogen) atoms. The smallest absolute Gasteiger partial charge is 0.240 e. The molecule has 0 aliphatic carbocycles. The summed E-state index contributed by atoms with van der Waals surface area (Å²) in [6.07, 6.45) is 4.77. The van der Waals surface area contributed by atoms with E-state index >= 15 is 0 Å². The summed E-state index contributed by atoms with van der Waals surface area (Å²) in [6, 6.07) is 0.649. The van der Waals surface area contributed by atoms with Gasteiger partial charge in [-0.2, -0.15) is 4.98 Å². The lowest BCUT2D eigenvalue weighted by Gasteiger charge is -2.31. The Labute approximate surface area is 90.7 Å². The van der Waals surface area contributed by atoms with Crippen molar-refractivity contribution in [2.75, 3.05) is 6.54 Å². The highest BCUT2D eigenvalue weighted by Gasteiger charge is 2.20. The second kappa shape index (κ2) is 4.75. The number of likely N-dealkylation sites (tertiary alicyclic amines) is 1. The Morgan fingerprint density at radius 1 is 1.47 bits per heavy atom. The SMILES string of the molecule is CCc1noc(CN2CCCC[C@@H]2C)n1. The summed E-state index contributed by atoms with van der Waals surface area (Å²) in [7, 11) is 0. The van der Waals surface area contributed by atoms with E-state index in [0.717, 1.165) is 31.2 Å². The molecule has 0 bridgehead atoms. The fourth-order valence-corrected chi connectivity index (χ4v) is 2.06. The second-order valence-corrected chi connectivity index (χ2v) is 4.27. The Hall–Kier alpha value is -0.900. The molecule has 4 nitrogen and oxygen atoms in total. The van der Waals surface area contributed by atoms with E-state index < -0.39 is 0 Å². The van der Waals surface area contributed by atoms with Crippen molar-refractivity contribution >= 4 is 0 Å². The van der Waals surface area contributed by atoms with E-state index in [2.05, 4.69) is 22.0 Å². The third-order valence-electron chi connectivity index (χ3n) is 3.11. The van der Waals surface area contributed by atoms with Crippen LogP contribution in [0.5, 0.6) is 0 Å². The van der Waals surface area contributed by atoms with Gasteiger partial charge in [0.25, 0.3) is 0 Å². The molecule has 0 radical (unpaired) electrons. The van der Waals surface area contributed by atoms with Crippen LogP contribution in [0.25, 0.3) is 0 Å². The van der Waals surface area contributed by atoms with Gasteiger partial charge in [0.1, 0.15) is 0 Å². The van der Waals surface area contributed by atoms with Crippen LogP contribution in [0.4, 0.5) is 0 Å². The van der Waals surface area contributed by atoms with E-state index in [1.54, 1.807) is 0 Å². The van der Waals surface area contributed by atoms with Gasteiger partial charge < -0.3 is 4.52 Å². The summed E-state index contributed by atoms with van der Waals surface area (Å²) in [6.45, 7) is 6.29. The number of piperidine rings is 1. The molecule has 1 aliphatic heterocycles. The first kappa shape index (κ1) is 10.6. The number of hydrogen-bond acceptors (Lipinski definition) is 4. The van der Waals surface area contributed by atoms with Crippen LogP contribution >= 0.6 is 0 Å². The van der Waals surface area contributed by atoms with Crippen molar-refractivity contribution in [1.82, 2.24) is 15.0 Å². The monoisotopic (exact) mass is 209 g/mol. The zero-order valence-electron chi connectivity index (χ0n) is 9.57. The largest absolute Gasteiger partial charge is 0.338 e. The maximum atomic E-state index is 5.20. The second-order valence-electron chi connectivity index (χ2n) is 4.27. The molecule has 4 heteroatoms. The van der Waals surface area contributed by atoms with E-state index in [9.17, 15) is 0 Å². The molecule has 2 rings (SSSR count). The van der Waals surface area contributed by atoms with Crippen LogP contribution < -0.4 is 0 Å². The molecular weight excluding hydrogens is 190 g/mol. The third kappa shape index (κ3) is 2.56. The van der Waals surface area contributed by atoms with Gasteiger partial charge in [-0.25, -0.2) is 0 Å². The summed E-state index contributed by atoms with van der Waals surface area (Å²) >= 11 is 0. The molecule has 1 aliphatic rings. The van der Waals surface area contributed by atoms with Gasteiger partial charge in [-0.05, 0) is 26.3 Å². The van der Waals surface area contributed by atoms with Crippen LogP contribution in [0.1, 0.15) is 44.8 Å². The maximum Gasteiger partial charge on any atom is 0.240 e. The Balaban J connectivity index is 1.95. The van der Waals surface area contributed by atoms with Crippen molar-refractivity contribution in [2.45, 2.75) is 52.1 Å². The van der Waals surface area contributed by atoms with Crippen LogP contribution in [0.3, 0.4) is 0 Å². The predicted octanol–water partition coefficient (Wildman–Crippen LogP) is 2.01. The molecule has 0 saturated carbocycles. The lowest BCUT2D eigenvalue weighted by atomic mass is 10.0. The van der Waals surface area contributed by atoms with Gasteiger partial charge in [0.05, 0.1) is 6.54 Å². The molecule has 1 aromatic rings. The standard InChI is InChI=1S/C11H19N3O/c1-3-10-12-11(15-13-10)8-14-7-5-4-6-9(14)2/h9H,3-8H2,1-2H3/t9-/m0/s1. The molecule has 0 spiro atoms. The molecule has 2 heterocycles. The van der Waals surface area contributed by atoms with Gasteiger partial charge in [-0.1, -0.05) is 18.5 Å². The highest BCUT2D eigenvalue weighted by molar-refractivity contribution is 4.87. The Morgan fingerprint density at radius 3 is 3.00 bits per heavy atom. The first-order valence-corrected chi connectivity index (χ1v) is 5.85. The minimum Gasteiger partial charge on any atom is -0.338 e. The minimum atomic E-state index is 0.649. The van der Waals surface area contributed by atoms with Gasteiger partial charge in [-0.3, -0.25) is 4.90 Å². The van der Waals surface area contributed by atoms with Crippen LogP contribution in [0.15, 0.2) is 4.52 Å². The Bertz CT molecular complexity index is 311. The van der Waals surface area contributed by atoms with Crippen molar-refractivity contribution in [3.63, 3.8) is 0 Å². The maximum absolute atomic E-state index is 5.20. The summed E-state index contributed by atoms with van der Waals surface area (Å²) in [5.41, 5.74) is 0. The Morgan fingerprint density at radius 2 is 2.33 bits per heavy atom. The van der Waals surface area contributed by atoms with Crippen molar-refractivity contribution < 1.29 is 4.52 Å². The van der Waals surface area contributed by atoms with Gasteiger partial charge in [0.2, 0.25) is 5.89 Å². The van der Waals surface area contributed by atoms with E-state index in [-0.39, 0.29) is 0 Å². The van der Waals surface area contributed by atoms with E-state index in [0.29, 0.717) is 6.04 Å². The van der Waals surface area contributed by atoms with Crippen LogP contribution in [-0.4, -0.2) is 27.6 Å². The van der Waals surface area contributed by atoms with E-state index in [1.807, 2.05) is 6.92 Å². The molecule has 0 aromatic carbocycles. The Kier molecular flexibility index (Phi) is 3.36. The highest BCUT2D eigenvalue weighted by atomic mass is 16.5. The number of aryl methyl sites for hydroxylation is 1. The predicted molar refractivity (Wildman–Crippen MR) is 57.4 cm³/mol. The van der Waals surface area contributed by atoms with Crippen LogP contribution in [-0.2, 0) is 13.0 Å². The van der Waals surface area contributed by atoms with Gasteiger partial charge >= 0.3 is 0 Å². The number of aromatic nitrogens is 2. The van der Waals surface area contributed by atoms with Gasteiger partial charge in [0.15, 0.2) is 5.82 Å². The first-order valence-electron chi connectivity index (χ1n) is 5.85. The van der Waals surface area contributed by atoms with E-state index in [4.69, 9.17) is 4.52 Å². The average Bonchev–Trinajstić information content (AvgIpc) is 2.69. The molecule has 1 fully saturated rings. The summed E-state index contributed by atoms with van der Waals surface area (Å²) in [5, 5.41) is 3.91. The summed E-state index contributed by atoms with van der Waals surface area (Å²) < 4.78 is 5.20. The third-order valence-corrected chi connectivity index (χ3v) is 3.11. The lowest BCUT2D eigenvalue weighted by Crippen LogP contribution is -2.36. The van der Waals surface area contributed by atoms with Crippen LogP contribution in [0.2, 0.25) is 0 Å². The molecule has 1 aromatic heterocycles. The molecular formula is C11H19N3O. The van der Waals surface area contributed by atoms with Crippen molar-refractivity contribution in [3.8, 4) is 0 Å². The number of rotatable bonds is 3. The zero-order chi connectivity index (χ0) is 10.7. The minimum absolute atomic E-state index is 0.649.